The number of amides is 1. The maximum absolute atomic E-state index is 12.5. The first-order chi connectivity index (χ1) is 14.6. The van der Waals surface area contributed by atoms with Crippen LogP contribution in [0.1, 0.15) is 50.8 Å². The van der Waals surface area contributed by atoms with Gasteiger partial charge in [-0.2, -0.15) is 0 Å². The lowest BCUT2D eigenvalue weighted by atomic mass is 9.74. The van der Waals surface area contributed by atoms with Crippen LogP contribution in [0.25, 0.3) is 6.08 Å². The van der Waals surface area contributed by atoms with Crippen LogP contribution in [-0.2, 0) is 25.2 Å². The number of methoxy groups -OCH3 is 1. The highest BCUT2D eigenvalue weighted by Crippen LogP contribution is 2.52. The number of nitrogens with zero attached hydrogens (tertiary/aromatic N) is 1. The minimum atomic E-state index is -0.709. The van der Waals surface area contributed by atoms with E-state index in [0.29, 0.717) is 13.0 Å². The van der Waals surface area contributed by atoms with E-state index in [1.807, 2.05) is 44.2 Å². The summed E-state index contributed by atoms with van der Waals surface area (Å²) in [5.41, 5.74) is 2.67. The van der Waals surface area contributed by atoms with Gasteiger partial charge in [0.1, 0.15) is 5.66 Å². The summed E-state index contributed by atoms with van der Waals surface area (Å²) >= 11 is 0. The molecule has 5 heteroatoms. The zero-order chi connectivity index (χ0) is 22.4. The van der Waals surface area contributed by atoms with Crippen LogP contribution in [0.3, 0.4) is 0 Å². The second-order valence-corrected chi connectivity index (χ2v) is 9.43. The largest absolute Gasteiger partial charge is 0.468 e. The fourth-order valence-corrected chi connectivity index (χ4v) is 4.92. The first-order valence-corrected chi connectivity index (χ1v) is 10.7. The number of para-hydroxylation sites is 1. The Balaban J connectivity index is 1.70. The third kappa shape index (κ3) is 3.14. The molecule has 0 aromatic heterocycles. The second kappa shape index (κ2) is 7.26. The van der Waals surface area contributed by atoms with E-state index in [-0.39, 0.29) is 17.3 Å². The molecule has 162 valence electrons. The Labute approximate surface area is 184 Å². The summed E-state index contributed by atoms with van der Waals surface area (Å²) in [7, 11) is 1.41. The van der Waals surface area contributed by atoms with Crippen LogP contribution in [0.15, 0.2) is 54.6 Å². The predicted octanol–water partition coefficient (Wildman–Crippen LogP) is 4.16. The van der Waals surface area contributed by atoms with Crippen molar-refractivity contribution >= 4 is 23.6 Å². The molecule has 0 radical (unpaired) electrons. The predicted molar refractivity (Wildman–Crippen MR) is 123 cm³/mol. The van der Waals surface area contributed by atoms with Crippen molar-refractivity contribution in [2.24, 2.45) is 0 Å². The third-order valence-electron chi connectivity index (χ3n) is 6.98. The smallest absolute Gasteiger partial charge is 0.315 e. The Morgan fingerprint density at radius 2 is 1.81 bits per heavy atom. The average molecular weight is 419 g/mol. The lowest BCUT2D eigenvalue weighted by molar-refractivity contribution is -0.146. The van der Waals surface area contributed by atoms with E-state index in [1.54, 1.807) is 0 Å². The molecule has 0 saturated carbocycles. The first kappa shape index (κ1) is 21.2. The molecular weight excluding hydrogens is 388 g/mol. The first-order valence-electron chi connectivity index (χ1n) is 10.7. The molecule has 1 unspecified atom stereocenters. The van der Waals surface area contributed by atoms with Gasteiger partial charge < -0.3 is 15.0 Å². The second-order valence-electron chi connectivity index (χ2n) is 9.43. The number of ether oxygens (including phenoxy) is 1. The number of rotatable bonds is 4. The van der Waals surface area contributed by atoms with Gasteiger partial charge in [0.25, 0.3) is 0 Å². The molecule has 1 N–H and O–H groups in total. The molecule has 2 aliphatic heterocycles. The molecule has 2 aromatic rings. The molecule has 0 spiro atoms. The van der Waals surface area contributed by atoms with Gasteiger partial charge in [0.2, 0.25) is 5.91 Å². The summed E-state index contributed by atoms with van der Waals surface area (Å²) in [5.74, 6) is -0.197. The van der Waals surface area contributed by atoms with Crippen molar-refractivity contribution in [3.05, 3.63) is 71.3 Å². The fraction of sp³-hybridized carbons (Fsp3) is 0.385. The Morgan fingerprint density at radius 1 is 1.13 bits per heavy atom. The number of nitrogens with one attached hydrogen (secondary N) is 1. The highest BCUT2D eigenvalue weighted by atomic mass is 16.5. The molecule has 0 bridgehead atoms. The Kier molecular flexibility index (Phi) is 4.95. The maximum Gasteiger partial charge on any atom is 0.315 e. The summed E-state index contributed by atoms with van der Waals surface area (Å²) in [4.78, 5) is 26.9. The van der Waals surface area contributed by atoms with Crippen LogP contribution >= 0.6 is 0 Å². The van der Waals surface area contributed by atoms with Crippen molar-refractivity contribution in [2.45, 2.75) is 50.6 Å². The number of carbonyl (C=O) groups is 2. The van der Waals surface area contributed by atoms with Crippen LogP contribution in [0.2, 0.25) is 0 Å². The number of hydrogen-bond acceptors (Lipinski definition) is 4. The number of hydrogen-bond donors (Lipinski definition) is 1. The minimum Gasteiger partial charge on any atom is -0.468 e. The summed E-state index contributed by atoms with van der Waals surface area (Å²) in [5, 5.41) is 3.30. The molecule has 2 aliphatic rings. The number of benzene rings is 2. The fourth-order valence-electron chi connectivity index (χ4n) is 4.92. The average Bonchev–Trinajstić information content (AvgIpc) is 2.96. The van der Waals surface area contributed by atoms with Crippen LogP contribution in [0.5, 0.6) is 0 Å². The lowest BCUT2D eigenvalue weighted by Crippen LogP contribution is -2.68. The molecule has 1 fully saturated rings. The zero-order valence-electron chi connectivity index (χ0n) is 18.9. The van der Waals surface area contributed by atoms with Gasteiger partial charge in [0, 0.05) is 24.1 Å². The van der Waals surface area contributed by atoms with Gasteiger partial charge in [-0.3, -0.25) is 9.59 Å². The van der Waals surface area contributed by atoms with E-state index in [1.165, 1.54) is 18.4 Å². The van der Waals surface area contributed by atoms with Crippen LogP contribution in [0, 0.1) is 0 Å². The zero-order valence-corrected chi connectivity index (χ0v) is 18.9. The standard InChI is InChI=1S/C26H30N2O3/c1-24(2,23(30)31-5)19-12-10-18(11-13-19)14-16-26-25(3,4)20-8-6-7-9-21(20)28(26)17-15-22(29)27-26/h6-14,16H,15,17H2,1-5H3,(H,27,29). The summed E-state index contributed by atoms with van der Waals surface area (Å²) in [6.07, 6.45) is 4.66. The molecule has 1 amide bonds. The van der Waals surface area contributed by atoms with Crippen molar-refractivity contribution in [1.82, 2.24) is 5.32 Å². The van der Waals surface area contributed by atoms with Crippen molar-refractivity contribution in [2.75, 3.05) is 18.6 Å². The van der Waals surface area contributed by atoms with E-state index in [4.69, 9.17) is 4.74 Å². The normalized spacial score (nSPS) is 22.1. The number of carbonyl (C=O) groups excluding carboxylic acids is 2. The Bertz CT molecular complexity index is 1050. The lowest BCUT2D eigenvalue weighted by Gasteiger charge is -2.49. The van der Waals surface area contributed by atoms with E-state index in [2.05, 4.69) is 54.4 Å². The van der Waals surface area contributed by atoms with Gasteiger partial charge >= 0.3 is 5.97 Å². The summed E-state index contributed by atoms with van der Waals surface area (Å²) < 4.78 is 4.94. The molecule has 4 rings (SSSR count). The van der Waals surface area contributed by atoms with Crippen molar-refractivity contribution in [1.29, 1.82) is 0 Å². The molecule has 31 heavy (non-hydrogen) atoms. The highest BCUT2D eigenvalue weighted by molar-refractivity contribution is 5.85. The van der Waals surface area contributed by atoms with Gasteiger partial charge in [0.15, 0.2) is 0 Å². The maximum atomic E-state index is 12.5. The monoisotopic (exact) mass is 418 g/mol. The Hall–Kier alpha value is -3.08. The number of fused-ring (bicyclic) bond motifs is 3. The van der Waals surface area contributed by atoms with Gasteiger partial charge in [-0.25, -0.2) is 0 Å². The topological polar surface area (TPSA) is 58.6 Å². The van der Waals surface area contributed by atoms with E-state index in [9.17, 15) is 9.59 Å². The van der Waals surface area contributed by atoms with E-state index >= 15 is 0 Å². The van der Waals surface area contributed by atoms with Gasteiger partial charge in [0.05, 0.1) is 12.5 Å². The van der Waals surface area contributed by atoms with Crippen molar-refractivity contribution in [3.8, 4) is 0 Å². The molecule has 1 saturated heterocycles. The number of esters is 1. The highest BCUT2D eigenvalue weighted by Gasteiger charge is 2.57. The summed E-state index contributed by atoms with van der Waals surface area (Å²) in [6, 6.07) is 16.3. The Morgan fingerprint density at radius 3 is 2.48 bits per heavy atom. The van der Waals surface area contributed by atoms with Crippen LogP contribution in [0.4, 0.5) is 5.69 Å². The van der Waals surface area contributed by atoms with Gasteiger partial charge in [-0.05, 0) is 42.7 Å². The van der Waals surface area contributed by atoms with Gasteiger partial charge in [-0.1, -0.05) is 62.4 Å². The molecule has 2 aromatic carbocycles. The molecular formula is C26H30N2O3. The molecule has 1 atom stereocenters. The molecule has 2 heterocycles. The minimum absolute atomic E-state index is 0.0666. The summed E-state index contributed by atoms with van der Waals surface area (Å²) in [6.45, 7) is 8.77. The quantitative estimate of drug-likeness (QED) is 0.758. The van der Waals surface area contributed by atoms with Gasteiger partial charge in [-0.15, -0.1) is 0 Å². The number of anilines is 1. The van der Waals surface area contributed by atoms with E-state index < -0.39 is 11.1 Å². The third-order valence-corrected chi connectivity index (χ3v) is 6.98. The molecule has 0 aliphatic carbocycles. The van der Waals surface area contributed by atoms with E-state index in [0.717, 1.165) is 11.1 Å². The van der Waals surface area contributed by atoms with Crippen LogP contribution < -0.4 is 10.2 Å². The van der Waals surface area contributed by atoms with Crippen molar-refractivity contribution in [3.63, 3.8) is 0 Å². The van der Waals surface area contributed by atoms with Crippen molar-refractivity contribution < 1.29 is 14.3 Å². The molecule has 5 nitrogen and oxygen atoms in total. The SMILES string of the molecule is COC(=O)C(C)(C)c1ccc(C=CC23NC(=O)CCN2c2ccccc2C3(C)C)cc1. The van der Waals surface area contributed by atoms with Crippen LogP contribution in [-0.4, -0.2) is 31.2 Å².